The lowest BCUT2D eigenvalue weighted by molar-refractivity contribution is -0.123. The molecule has 110 valence electrons. The Labute approximate surface area is 124 Å². The Hall–Kier alpha value is -2.07. The zero-order valence-electron chi connectivity index (χ0n) is 12.1. The summed E-state index contributed by atoms with van der Waals surface area (Å²) in [4.78, 5) is 11.8. The molecule has 1 aliphatic rings. The van der Waals surface area contributed by atoms with Gasteiger partial charge in [0.05, 0.1) is 0 Å². The number of carbonyl (C=O) groups excluding carboxylic acids is 1. The molecule has 1 saturated carbocycles. The van der Waals surface area contributed by atoms with Crippen molar-refractivity contribution in [3.63, 3.8) is 0 Å². The van der Waals surface area contributed by atoms with Gasteiger partial charge in [0.25, 0.3) is 5.91 Å². The van der Waals surface area contributed by atoms with E-state index in [4.69, 9.17) is 10.5 Å². The minimum atomic E-state index is -0.143. The number of ether oxygens (including phenoxy) is 1. The number of benzene rings is 2. The van der Waals surface area contributed by atoms with Crippen molar-refractivity contribution in [2.45, 2.75) is 31.8 Å². The number of nitrogens with two attached hydrogens (primary N) is 1. The quantitative estimate of drug-likeness (QED) is 0.886. The Morgan fingerprint density at radius 2 is 2.10 bits per heavy atom. The molecular formula is C17H20N2O2. The van der Waals surface area contributed by atoms with Crippen molar-refractivity contribution in [3.8, 4) is 5.75 Å². The molecule has 2 aromatic rings. The summed E-state index contributed by atoms with van der Waals surface area (Å²) in [5, 5.41) is 5.00. The van der Waals surface area contributed by atoms with Gasteiger partial charge in [-0.1, -0.05) is 36.4 Å². The van der Waals surface area contributed by atoms with Crippen LogP contribution in [0.4, 0.5) is 0 Å². The average Bonchev–Trinajstić information content (AvgIpc) is 3.28. The van der Waals surface area contributed by atoms with Crippen LogP contribution in [-0.4, -0.2) is 18.6 Å². The highest BCUT2D eigenvalue weighted by Crippen LogP contribution is 2.32. The first-order chi connectivity index (χ1) is 10.1. The lowest BCUT2D eigenvalue weighted by Crippen LogP contribution is -2.30. The van der Waals surface area contributed by atoms with Crippen molar-refractivity contribution >= 4 is 16.7 Å². The van der Waals surface area contributed by atoms with E-state index >= 15 is 0 Å². The summed E-state index contributed by atoms with van der Waals surface area (Å²) >= 11 is 0. The fourth-order valence-electron chi connectivity index (χ4n) is 2.41. The molecule has 1 atom stereocenters. The minimum Gasteiger partial charge on any atom is -0.483 e. The summed E-state index contributed by atoms with van der Waals surface area (Å²) < 4.78 is 5.81. The van der Waals surface area contributed by atoms with E-state index in [1.165, 1.54) is 0 Å². The summed E-state index contributed by atoms with van der Waals surface area (Å²) in [5.41, 5.74) is 6.95. The molecule has 1 unspecified atom stereocenters. The molecule has 0 saturated heterocycles. The van der Waals surface area contributed by atoms with Crippen LogP contribution in [0.3, 0.4) is 0 Å². The highest BCUT2D eigenvalue weighted by Gasteiger charge is 2.23. The van der Waals surface area contributed by atoms with Crippen LogP contribution in [0.25, 0.3) is 10.8 Å². The lowest BCUT2D eigenvalue weighted by atomic mass is 10.0. The van der Waals surface area contributed by atoms with E-state index in [0.29, 0.717) is 11.8 Å². The third-order valence-electron chi connectivity index (χ3n) is 3.69. The van der Waals surface area contributed by atoms with Crippen LogP contribution < -0.4 is 15.8 Å². The number of carbonyl (C=O) groups is 1. The second kappa shape index (κ2) is 5.74. The van der Waals surface area contributed by atoms with Gasteiger partial charge in [-0.2, -0.15) is 0 Å². The largest absolute Gasteiger partial charge is 0.483 e. The fraction of sp³-hybridized carbons (Fsp3) is 0.353. The molecule has 0 spiro atoms. The van der Waals surface area contributed by atoms with Gasteiger partial charge in [0.15, 0.2) is 6.61 Å². The van der Waals surface area contributed by atoms with Crippen molar-refractivity contribution in [1.82, 2.24) is 5.32 Å². The summed E-state index contributed by atoms with van der Waals surface area (Å²) in [7, 11) is 0. The number of fused-ring (bicyclic) bond motifs is 1. The van der Waals surface area contributed by atoms with Gasteiger partial charge in [-0.25, -0.2) is 0 Å². The molecule has 21 heavy (non-hydrogen) atoms. The van der Waals surface area contributed by atoms with Crippen molar-refractivity contribution in [2.24, 2.45) is 5.73 Å². The van der Waals surface area contributed by atoms with Crippen molar-refractivity contribution in [2.75, 3.05) is 6.61 Å². The van der Waals surface area contributed by atoms with E-state index in [-0.39, 0.29) is 18.6 Å². The van der Waals surface area contributed by atoms with E-state index in [9.17, 15) is 4.79 Å². The summed E-state index contributed by atoms with van der Waals surface area (Å²) in [6.07, 6.45) is 2.15. The number of nitrogens with one attached hydrogen (secondary N) is 1. The van der Waals surface area contributed by atoms with E-state index in [1.54, 1.807) is 0 Å². The molecule has 4 nitrogen and oxygen atoms in total. The third-order valence-corrected chi connectivity index (χ3v) is 3.69. The van der Waals surface area contributed by atoms with Crippen molar-refractivity contribution in [1.29, 1.82) is 0 Å². The predicted octanol–water partition coefficient (Wildman–Crippen LogP) is 2.52. The maximum absolute atomic E-state index is 11.8. The monoisotopic (exact) mass is 284 g/mol. The van der Waals surface area contributed by atoms with Crippen molar-refractivity contribution < 1.29 is 9.53 Å². The van der Waals surface area contributed by atoms with Crippen LogP contribution >= 0.6 is 0 Å². The van der Waals surface area contributed by atoms with Crippen LogP contribution in [0, 0.1) is 0 Å². The average molecular weight is 284 g/mol. The summed E-state index contributed by atoms with van der Waals surface area (Å²) in [6, 6.07) is 12.2. The SMILES string of the molecule is CC(N)c1ccc2ccccc2c1OCC(=O)NC1CC1. The second-order valence-corrected chi connectivity index (χ2v) is 5.62. The molecule has 0 heterocycles. The molecule has 0 aliphatic heterocycles. The van der Waals surface area contributed by atoms with Gasteiger partial charge in [0, 0.05) is 23.0 Å². The Balaban J connectivity index is 1.86. The molecule has 2 aromatic carbocycles. The zero-order valence-corrected chi connectivity index (χ0v) is 12.1. The van der Waals surface area contributed by atoms with E-state index in [2.05, 4.69) is 5.32 Å². The third kappa shape index (κ3) is 3.16. The first-order valence-electron chi connectivity index (χ1n) is 7.34. The Bertz CT molecular complexity index is 663. The number of hydrogen-bond donors (Lipinski definition) is 2. The van der Waals surface area contributed by atoms with Crippen LogP contribution in [0.2, 0.25) is 0 Å². The van der Waals surface area contributed by atoms with Gasteiger partial charge in [0.1, 0.15) is 5.75 Å². The van der Waals surface area contributed by atoms with Gasteiger partial charge in [-0.05, 0) is 25.2 Å². The van der Waals surface area contributed by atoms with Gasteiger partial charge in [-0.15, -0.1) is 0 Å². The van der Waals surface area contributed by atoms with E-state index in [1.807, 2.05) is 43.3 Å². The molecule has 3 N–H and O–H groups in total. The van der Waals surface area contributed by atoms with Gasteiger partial charge in [0.2, 0.25) is 0 Å². The normalized spacial score (nSPS) is 15.7. The Kier molecular flexibility index (Phi) is 3.80. The molecule has 0 bridgehead atoms. The molecule has 1 amide bonds. The number of hydrogen-bond acceptors (Lipinski definition) is 3. The first kappa shape index (κ1) is 13.9. The highest BCUT2D eigenvalue weighted by atomic mass is 16.5. The first-order valence-corrected chi connectivity index (χ1v) is 7.34. The van der Waals surface area contributed by atoms with Crippen LogP contribution in [0.15, 0.2) is 36.4 Å². The molecule has 4 heteroatoms. The van der Waals surface area contributed by atoms with Gasteiger partial charge >= 0.3 is 0 Å². The Morgan fingerprint density at radius 1 is 1.33 bits per heavy atom. The summed E-state index contributed by atoms with van der Waals surface area (Å²) in [5.74, 6) is 0.648. The lowest BCUT2D eigenvalue weighted by Gasteiger charge is -2.16. The Morgan fingerprint density at radius 3 is 2.81 bits per heavy atom. The maximum atomic E-state index is 11.8. The topological polar surface area (TPSA) is 64.3 Å². The number of amides is 1. The zero-order chi connectivity index (χ0) is 14.8. The van der Waals surface area contributed by atoms with Crippen LogP contribution in [0.5, 0.6) is 5.75 Å². The predicted molar refractivity (Wildman–Crippen MR) is 83.2 cm³/mol. The van der Waals surface area contributed by atoms with Crippen molar-refractivity contribution in [3.05, 3.63) is 42.0 Å². The molecule has 3 rings (SSSR count). The second-order valence-electron chi connectivity index (χ2n) is 5.62. The molecule has 0 radical (unpaired) electrons. The fourth-order valence-corrected chi connectivity index (χ4v) is 2.41. The van der Waals surface area contributed by atoms with Crippen LogP contribution in [-0.2, 0) is 4.79 Å². The van der Waals surface area contributed by atoms with Crippen LogP contribution in [0.1, 0.15) is 31.4 Å². The standard InChI is InChI=1S/C17H20N2O2/c1-11(18)14-9-6-12-4-2-3-5-15(12)17(14)21-10-16(20)19-13-7-8-13/h2-6,9,11,13H,7-8,10,18H2,1H3,(H,19,20). The van der Waals surface area contributed by atoms with E-state index < -0.39 is 0 Å². The van der Waals surface area contributed by atoms with Gasteiger partial charge < -0.3 is 15.8 Å². The minimum absolute atomic E-state index is 0.0320. The maximum Gasteiger partial charge on any atom is 0.258 e. The molecule has 0 aromatic heterocycles. The van der Waals surface area contributed by atoms with Gasteiger partial charge in [-0.3, -0.25) is 4.79 Å². The summed E-state index contributed by atoms with van der Waals surface area (Å²) in [6.45, 7) is 1.95. The highest BCUT2D eigenvalue weighted by molar-refractivity contribution is 5.90. The van der Waals surface area contributed by atoms with E-state index in [0.717, 1.165) is 29.2 Å². The number of rotatable bonds is 5. The molecular weight excluding hydrogens is 264 g/mol. The molecule has 1 fully saturated rings. The molecule has 1 aliphatic carbocycles. The smallest absolute Gasteiger partial charge is 0.258 e.